The van der Waals surface area contributed by atoms with Crippen molar-refractivity contribution < 1.29 is 21.7 Å². The molecule has 1 rings (SSSR count). The summed E-state index contributed by atoms with van der Waals surface area (Å²) in [6.07, 6.45) is 19.9. The summed E-state index contributed by atoms with van der Waals surface area (Å²) in [6, 6.07) is 0. The molecule has 0 radical (unpaired) electrons. The van der Waals surface area contributed by atoms with Crippen molar-refractivity contribution in [1.29, 1.82) is 0 Å². The molecule has 0 fully saturated rings. The molecule has 0 aromatic heterocycles. The third kappa shape index (κ3) is 15.5. The van der Waals surface area contributed by atoms with Gasteiger partial charge in [0.15, 0.2) is 0 Å². The van der Waals surface area contributed by atoms with E-state index in [2.05, 4.69) is 79.3 Å². The molecule has 1 aliphatic carbocycles. The fraction of sp³-hybridized carbons (Fsp3) is 0.667. The minimum absolute atomic E-state index is 0. The molecule has 1 nitrogen and oxygen atoms in total. The number of rotatable bonds is 10. The van der Waals surface area contributed by atoms with Gasteiger partial charge in [-0.25, -0.2) is 0 Å². The second-order valence-electron chi connectivity index (χ2n) is 8.67. The Labute approximate surface area is 185 Å². The first kappa shape index (κ1) is 29.1. The van der Waals surface area contributed by atoms with Crippen molar-refractivity contribution in [1.82, 2.24) is 0 Å². The zero-order valence-corrected chi connectivity index (χ0v) is 21.5. The van der Waals surface area contributed by atoms with Crippen LogP contribution in [0.15, 0.2) is 53.5 Å². The van der Waals surface area contributed by atoms with Crippen molar-refractivity contribution in [3.8, 4) is 0 Å². The van der Waals surface area contributed by atoms with Crippen LogP contribution in [0.4, 0.5) is 0 Å². The Kier molecular flexibility index (Phi) is 18.1. The average molecular weight is 425 g/mol. The Hall–Kier alpha value is -0.0957. The predicted molar refractivity (Wildman–Crippen MR) is 125 cm³/mol. The molecule has 0 saturated carbocycles. The molecule has 0 aromatic rings. The van der Waals surface area contributed by atoms with Gasteiger partial charge in [-0.2, -0.15) is 0 Å². The number of allylic oxidation sites excluding steroid dienone is 6. The van der Waals surface area contributed by atoms with E-state index in [0.717, 1.165) is 24.2 Å². The van der Waals surface area contributed by atoms with Gasteiger partial charge in [0.1, 0.15) is 0 Å². The SMILES string of the molecule is C=CC=CCCC.CC(C)CP(CC(C)C)(CC(C)C)=NC1=CC=CC1.[Ti]. The normalized spacial score (nSPS) is 13.6. The summed E-state index contributed by atoms with van der Waals surface area (Å²) < 4.78 is 5.34. The Morgan fingerprint density at radius 3 is 1.89 bits per heavy atom. The van der Waals surface area contributed by atoms with Gasteiger partial charge >= 0.3 is 0 Å². The molecule has 0 aromatic carbocycles. The Balaban J connectivity index is 0. The molecule has 0 amide bonds. The predicted octanol–water partition coefficient (Wildman–Crippen LogP) is 8.53. The summed E-state index contributed by atoms with van der Waals surface area (Å²) in [4.78, 5) is 0. The summed E-state index contributed by atoms with van der Waals surface area (Å²) in [6.45, 7) is 19.8. The topological polar surface area (TPSA) is 12.4 Å². The van der Waals surface area contributed by atoms with Gasteiger partial charge in [-0.3, -0.25) is 4.74 Å². The number of hydrogen-bond donors (Lipinski definition) is 0. The Morgan fingerprint density at radius 1 is 1.04 bits per heavy atom. The van der Waals surface area contributed by atoms with Crippen LogP contribution in [0.1, 0.15) is 67.7 Å². The van der Waals surface area contributed by atoms with Gasteiger partial charge in [-0.1, -0.05) is 91.8 Å². The first-order valence-corrected chi connectivity index (χ1v) is 12.8. The third-order valence-corrected chi connectivity index (χ3v) is 8.85. The van der Waals surface area contributed by atoms with Crippen molar-refractivity contribution in [3.63, 3.8) is 0 Å². The molecule has 0 spiro atoms. The summed E-state index contributed by atoms with van der Waals surface area (Å²) >= 11 is 0. The van der Waals surface area contributed by atoms with Crippen LogP contribution >= 0.6 is 7.05 Å². The van der Waals surface area contributed by atoms with Crippen LogP contribution < -0.4 is 0 Å². The second-order valence-corrected chi connectivity index (χ2v) is 12.2. The maximum atomic E-state index is 5.34. The van der Waals surface area contributed by atoms with E-state index in [1.54, 1.807) is 6.08 Å². The minimum Gasteiger partial charge on any atom is -0.272 e. The zero-order valence-electron chi connectivity index (χ0n) is 19.0. The summed E-state index contributed by atoms with van der Waals surface area (Å²) in [5, 5.41) is 0. The van der Waals surface area contributed by atoms with Crippen molar-refractivity contribution in [2.24, 2.45) is 22.5 Å². The molecule has 1 aliphatic rings. The molecule has 0 unspecified atom stereocenters. The standard InChI is InChI=1S/C17H32NP.C7H12.Ti/c1-14(2)11-19(12-15(3)4,13-16(5)6)18-17-9-7-8-10-17;1-3-5-7-6-4-2;/h7-9,14-16H,10-13H2,1-6H3;3,5,7H,1,4,6H2,2H3;. The molecular weight excluding hydrogens is 381 g/mol. The number of nitrogens with zero attached hydrogens (tertiary/aromatic N) is 1. The van der Waals surface area contributed by atoms with Crippen LogP contribution in [0.25, 0.3) is 0 Å². The van der Waals surface area contributed by atoms with Gasteiger partial charge < -0.3 is 0 Å². The maximum absolute atomic E-state index is 5.34. The van der Waals surface area contributed by atoms with Gasteiger partial charge in [0.2, 0.25) is 0 Å². The Morgan fingerprint density at radius 2 is 1.56 bits per heavy atom. The molecule has 154 valence electrons. The van der Waals surface area contributed by atoms with Crippen LogP contribution in [0.5, 0.6) is 0 Å². The molecule has 27 heavy (non-hydrogen) atoms. The monoisotopic (exact) mass is 425 g/mol. The Bertz CT molecular complexity index is 491. The van der Waals surface area contributed by atoms with E-state index in [1.165, 1.54) is 37.0 Å². The molecule has 0 saturated heterocycles. The van der Waals surface area contributed by atoms with Crippen LogP contribution in [0, 0.1) is 17.8 Å². The summed E-state index contributed by atoms with van der Waals surface area (Å²) in [7, 11) is -1.20. The van der Waals surface area contributed by atoms with E-state index < -0.39 is 7.05 Å². The summed E-state index contributed by atoms with van der Waals surface area (Å²) in [5.41, 5.74) is 1.33. The van der Waals surface area contributed by atoms with E-state index in [-0.39, 0.29) is 21.7 Å². The van der Waals surface area contributed by atoms with Crippen LogP contribution in [-0.4, -0.2) is 18.5 Å². The van der Waals surface area contributed by atoms with E-state index in [0.29, 0.717) is 0 Å². The van der Waals surface area contributed by atoms with Gasteiger partial charge in [0.25, 0.3) is 0 Å². The first-order valence-electron chi connectivity index (χ1n) is 10.5. The van der Waals surface area contributed by atoms with E-state index in [4.69, 9.17) is 4.74 Å². The van der Waals surface area contributed by atoms with Gasteiger partial charge in [0, 0.05) is 33.8 Å². The molecule has 0 atom stereocenters. The quantitative estimate of drug-likeness (QED) is 0.189. The minimum atomic E-state index is -1.20. The van der Waals surface area contributed by atoms with Crippen LogP contribution in [-0.2, 0) is 21.7 Å². The largest absolute Gasteiger partial charge is 0.272 e. The van der Waals surface area contributed by atoms with E-state index in [1.807, 2.05) is 6.08 Å². The third-order valence-electron chi connectivity index (χ3n) is 3.93. The fourth-order valence-electron chi connectivity index (χ4n) is 3.53. The van der Waals surface area contributed by atoms with Crippen LogP contribution in [0.3, 0.4) is 0 Å². The molecule has 0 heterocycles. The summed E-state index contributed by atoms with van der Waals surface area (Å²) in [5.74, 6) is 2.26. The second kappa shape index (κ2) is 16.8. The van der Waals surface area contributed by atoms with Crippen molar-refractivity contribution >= 4 is 7.05 Å². The molecule has 0 aliphatic heterocycles. The fourth-order valence-corrected chi connectivity index (χ4v) is 8.99. The first-order chi connectivity index (χ1) is 12.2. The molecule has 0 bridgehead atoms. The van der Waals surface area contributed by atoms with E-state index in [9.17, 15) is 0 Å². The van der Waals surface area contributed by atoms with E-state index >= 15 is 0 Å². The zero-order chi connectivity index (χ0) is 20.0. The van der Waals surface area contributed by atoms with Gasteiger partial charge in [-0.15, -0.1) is 0 Å². The number of unbranched alkanes of at least 4 members (excludes halogenated alkanes) is 1. The van der Waals surface area contributed by atoms with Crippen molar-refractivity contribution in [3.05, 3.63) is 48.7 Å². The molecule has 3 heteroatoms. The smallest absolute Gasteiger partial charge is 0.0425 e. The van der Waals surface area contributed by atoms with Crippen molar-refractivity contribution in [2.45, 2.75) is 67.7 Å². The van der Waals surface area contributed by atoms with Gasteiger partial charge in [0.05, 0.1) is 0 Å². The molecule has 0 N–H and O–H groups in total. The number of hydrogen-bond acceptors (Lipinski definition) is 1. The average Bonchev–Trinajstić information content (AvgIpc) is 2.98. The maximum Gasteiger partial charge on any atom is 0.0425 e. The van der Waals surface area contributed by atoms with Crippen LogP contribution in [0.2, 0.25) is 0 Å². The van der Waals surface area contributed by atoms with Gasteiger partial charge in [-0.05, 0) is 55.8 Å². The van der Waals surface area contributed by atoms with Crippen molar-refractivity contribution in [2.75, 3.05) is 18.5 Å². The molecular formula is C24H44NPTi.